The molecule has 5 N–H and O–H groups in total. The zero-order chi connectivity index (χ0) is 40.4. The fourth-order valence-corrected chi connectivity index (χ4v) is 7.43. The third-order valence-corrected chi connectivity index (χ3v) is 10.8. The Hall–Kier alpha value is -4.70. The Balaban J connectivity index is 1.16. The third kappa shape index (κ3) is 9.99. The minimum absolute atomic E-state index is 0.0548. The van der Waals surface area contributed by atoms with Gasteiger partial charge in [-0.05, 0) is 88.7 Å². The number of nitrogens with one attached hydrogen (secondary N) is 1. The summed E-state index contributed by atoms with van der Waals surface area (Å²) in [4.78, 5) is 47.3. The van der Waals surface area contributed by atoms with Crippen LogP contribution in [0.5, 0.6) is 0 Å². The van der Waals surface area contributed by atoms with Crippen molar-refractivity contribution in [2.45, 2.75) is 58.4 Å². The van der Waals surface area contributed by atoms with Crippen LogP contribution < -0.4 is 16.8 Å². The molecule has 0 radical (unpaired) electrons. The molecule has 1 aliphatic rings. The minimum Gasteiger partial charge on any atom is -0.383 e. The first kappa shape index (κ1) is 42.4. The number of imidazole rings is 1. The number of ether oxygens (including phenoxy) is 1. The van der Waals surface area contributed by atoms with E-state index in [0.29, 0.717) is 81.7 Å². The molecule has 56 heavy (non-hydrogen) atoms. The number of halogens is 3. The van der Waals surface area contributed by atoms with Crippen molar-refractivity contribution >= 4 is 35.0 Å². The van der Waals surface area contributed by atoms with Gasteiger partial charge in [0.25, 0.3) is 11.8 Å². The van der Waals surface area contributed by atoms with Crippen molar-refractivity contribution in [1.82, 2.24) is 29.1 Å². The number of piperazine rings is 1. The van der Waals surface area contributed by atoms with Gasteiger partial charge in [0.1, 0.15) is 0 Å². The van der Waals surface area contributed by atoms with Crippen molar-refractivity contribution in [3.63, 3.8) is 0 Å². The van der Waals surface area contributed by atoms with Gasteiger partial charge in [-0.1, -0.05) is 17.7 Å². The van der Waals surface area contributed by atoms with Crippen molar-refractivity contribution in [2.24, 2.45) is 24.4 Å². The van der Waals surface area contributed by atoms with Crippen LogP contribution in [0.15, 0.2) is 42.7 Å². The van der Waals surface area contributed by atoms with Crippen LogP contribution in [0.4, 0.5) is 14.5 Å². The van der Waals surface area contributed by atoms with E-state index in [9.17, 15) is 14.4 Å². The molecule has 3 amide bonds. The highest BCUT2D eigenvalue weighted by Gasteiger charge is 2.27. The lowest BCUT2D eigenvalue weighted by molar-refractivity contribution is -0.132. The lowest BCUT2D eigenvalue weighted by Crippen LogP contribution is -2.50. The van der Waals surface area contributed by atoms with Gasteiger partial charge in [-0.3, -0.25) is 19.1 Å². The van der Waals surface area contributed by atoms with E-state index in [-0.39, 0.29) is 45.0 Å². The Labute approximate surface area is 331 Å². The van der Waals surface area contributed by atoms with Crippen LogP contribution in [0, 0.1) is 24.5 Å². The van der Waals surface area contributed by atoms with Gasteiger partial charge in [0, 0.05) is 74.8 Å². The molecule has 302 valence electrons. The van der Waals surface area contributed by atoms with Crippen LogP contribution in [-0.2, 0) is 23.1 Å². The van der Waals surface area contributed by atoms with Crippen LogP contribution >= 0.6 is 11.6 Å². The van der Waals surface area contributed by atoms with E-state index >= 15 is 8.78 Å². The van der Waals surface area contributed by atoms with Crippen LogP contribution in [-0.4, -0.2) is 99.8 Å². The molecule has 13 nitrogen and oxygen atoms in total. The summed E-state index contributed by atoms with van der Waals surface area (Å²) in [6.07, 6.45) is 9.11. The maximum Gasteiger partial charge on any atom is 0.291 e. The Bertz CT molecular complexity index is 1990. The van der Waals surface area contributed by atoms with Gasteiger partial charge in [-0.2, -0.15) is 5.10 Å². The van der Waals surface area contributed by atoms with Crippen LogP contribution in [0.1, 0.15) is 71.6 Å². The summed E-state index contributed by atoms with van der Waals surface area (Å²) in [5, 5.41) is 7.13. The van der Waals surface area contributed by atoms with Crippen LogP contribution in [0.3, 0.4) is 0 Å². The summed E-state index contributed by atoms with van der Waals surface area (Å²) in [7, 11) is 3.10. The number of hydrogen-bond donors (Lipinski definition) is 3. The van der Waals surface area contributed by atoms with Crippen molar-refractivity contribution in [3.05, 3.63) is 76.5 Å². The lowest BCUT2D eigenvalue weighted by Gasteiger charge is -2.35. The molecule has 0 saturated carbocycles. The molecule has 0 aliphatic carbocycles. The van der Waals surface area contributed by atoms with E-state index < -0.39 is 17.5 Å². The molecule has 2 aromatic carbocycles. The summed E-state index contributed by atoms with van der Waals surface area (Å²) >= 11 is 6.55. The van der Waals surface area contributed by atoms with E-state index in [1.807, 2.05) is 4.90 Å². The van der Waals surface area contributed by atoms with Crippen molar-refractivity contribution in [3.8, 4) is 22.4 Å². The highest BCUT2D eigenvalue weighted by atomic mass is 35.5. The van der Waals surface area contributed by atoms with Crippen molar-refractivity contribution < 1.29 is 27.9 Å². The lowest BCUT2D eigenvalue weighted by atomic mass is 9.92. The molecule has 0 unspecified atom stereocenters. The Morgan fingerprint density at radius 2 is 1.55 bits per heavy atom. The number of nitrogens with two attached hydrogens (primary N) is 2. The zero-order valence-electron chi connectivity index (χ0n) is 32.3. The van der Waals surface area contributed by atoms with Gasteiger partial charge >= 0.3 is 0 Å². The van der Waals surface area contributed by atoms with Gasteiger partial charge in [0.15, 0.2) is 17.5 Å². The SMILES string of the molecule is COCCn1ncc(-c2ccc(-c3cnc(C(=O)Nc4ccc(C(=O)N5CCN(C(=O)CCCC(CCCN)CCCN)CC5)c(Cl)c4)n3C)c(F)c2F)c1C. The Morgan fingerprint density at radius 1 is 0.911 bits per heavy atom. The zero-order valence-corrected chi connectivity index (χ0v) is 33.1. The number of anilines is 1. The number of rotatable bonds is 18. The molecule has 4 aromatic rings. The molecule has 0 atom stereocenters. The second-order valence-corrected chi connectivity index (χ2v) is 14.5. The fourth-order valence-electron chi connectivity index (χ4n) is 7.17. The van der Waals surface area contributed by atoms with E-state index in [2.05, 4.69) is 15.4 Å². The maximum atomic E-state index is 15.5. The number of benzene rings is 2. The smallest absolute Gasteiger partial charge is 0.291 e. The summed E-state index contributed by atoms with van der Waals surface area (Å²) in [5.74, 6) is -2.45. The van der Waals surface area contributed by atoms with E-state index in [4.69, 9.17) is 27.8 Å². The average Bonchev–Trinajstić information content (AvgIpc) is 3.76. The summed E-state index contributed by atoms with van der Waals surface area (Å²) in [5.41, 5.74) is 13.3. The molecule has 16 heteroatoms. The Kier molecular flexibility index (Phi) is 15.1. The van der Waals surface area contributed by atoms with Crippen molar-refractivity contribution in [2.75, 3.05) is 58.3 Å². The predicted octanol–water partition coefficient (Wildman–Crippen LogP) is 5.64. The van der Waals surface area contributed by atoms with Crippen LogP contribution in [0.25, 0.3) is 22.4 Å². The van der Waals surface area contributed by atoms with Gasteiger partial charge < -0.3 is 35.9 Å². The largest absolute Gasteiger partial charge is 0.383 e. The summed E-state index contributed by atoms with van der Waals surface area (Å²) in [6, 6.07) is 7.48. The quantitative estimate of drug-likeness (QED) is 0.116. The summed E-state index contributed by atoms with van der Waals surface area (Å²) < 4.78 is 39.1. The number of amides is 3. The number of nitrogens with zero attached hydrogens (tertiary/aromatic N) is 6. The number of hydrogen-bond acceptors (Lipinski definition) is 8. The first-order valence-corrected chi connectivity index (χ1v) is 19.5. The second kappa shape index (κ2) is 19.9. The third-order valence-electron chi connectivity index (χ3n) is 10.5. The van der Waals surface area contributed by atoms with Gasteiger partial charge in [-0.25, -0.2) is 13.8 Å². The maximum absolute atomic E-state index is 15.5. The molecule has 1 saturated heterocycles. The van der Waals surface area contributed by atoms with Gasteiger partial charge in [0.2, 0.25) is 5.91 Å². The molecule has 2 aromatic heterocycles. The average molecular weight is 796 g/mol. The summed E-state index contributed by atoms with van der Waals surface area (Å²) in [6.45, 7) is 5.62. The van der Waals surface area contributed by atoms with E-state index in [0.717, 1.165) is 38.5 Å². The fraction of sp³-hybridized carbons (Fsp3) is 0.475. The molecule has 0 bridgehead atoms. The van der Waals surface area contributed by atoms with Gasteiger partial charge in [0.05, 0.1) is 41.8 Å². The number of carbonyl (C=O) groups is 3. The molecule has 1 aliphatic heterocycles. The number of carbonyl (C=O) groups excluding carboxylic acids is 3. The van der Waals surface area contributed by atoms with Gasteiger partial charge in [-0.15, -0.1) is 0 Å². The van der Waals surface area contributed by atoms with E-state index in [1.54, 1.807) is 29.7 Å². The van der Waals surface area contributed by atoms with E-state index in [1.165, 1.54) is 48.3 Å². The molecule has 0 spiro atoms. The standard InChI is InChI=1S/C40H52ClF2N9O4/c1-26-32(24-47-52(26)21-22-56-3)29-13-14-31(37(43)36(29)42)34-25-46-38(49(34)2)39(54)48-28-11-12-30(33(41)23-28)40(55)51-19-17-50(18-20-51)35(53)10-4-7-27(8-5-15-44)9-6-16-45/h11-14,23-25,27H,4-10,15-22,44-45H2,1-3H3,(H,48,54). The second-order valence-electron chi connectivity index (χ2n) is 14.1. The number of methoxy groups -OCH3 is 1. The highest BCUT2D eigenvalue weighted by molar-refractivity contribution is 6.34. The predicted molar refractivity (Wildman–Crippen MR) is 212 cm³/mol. The van der Waals surface area contributed by atoms with Crippen LogP contribution in [0.2, 0.25) is 5.02 Å². The first-order chi connectivity index (χ1) is 27.0. The molecule has 1 fully saturated rings. The monoisotopic (exact) mass is 795 g/mol. The molecule has 5 rings (SSSR count). The normalized spacial score (nSPS) is 13.2. The minimum atomic E-state index is -1.08. The topological polar surface area (TPSA) is 167 Å². The number of aromatic nitrogens is 4. The molecular formula is C40H52ClF2N9O4. The van der Waals surface area contributed by atoms with Crippen molar-refractivity contribution in [1.29, 1.82) is 0 Å². The molecule has 3 heterocycles. The highest BCUT2D eigenvalue weighted by Crippen LogP contribution is 2.33. The molecular weight excluding hydrogens is 744 g/mol. The first-order valence-electron chi connectivity index (χ1n) is 19.1. The Morgan fingerprint density at radius 3 is 2.21 bits per heavy atom.